The van der Waals surface area contributed by atoms with Gasteiger partial charge in [0.15, 0.2) is 0 Å². The molecular weight excluding hydrogens is 298 g/mol. The number of carbonyl (C=O) groups excluding carboxylic acids is 1. The van der Waals surface area contributed by atoms with E-state index in [0.717, 1.165) is 0 Å². The number of non-ortho nitro benzene ring substituents is 1. The normalized spacial score (nSPS) is 11.7. The van der Waals surface area contributed by atoms with E-state index in [2.05, 4.69) is 5.32 Å². The summed E-state index contributed by atoms with van der Waals surface area (Å²) < 4.78 is 1.37. The van der Waals surface area contributed by atoms with Gasteiger partial charge in [0, 0.05) is 37.0 Å². The largest absolute Gasteiger partial charge is 0.345 e. The molecule has 7 nitrogen and oxygen atoms in total. The average molecular weight is 315 g/mol. The highest BCUT2D eigenvalue weighted by Gasteiger charge is 2.17. The minimum atomic E-state index is -0.473. The lowest BCUT2D eigenvalue weighted by Crippen LogP contribution is -2.29. The molecule has 0 aliphatic carbocycles. The van der Waals surface area contributed by atoms with Crippen LogP contribution >= 0.6 is 0 Å². The van der Waals surface area contributed by atoms with E-state index in [4.69, 9.17) is 0 Å². The molecule has 1 aromatic heterocycles. The van der Waals surface area contributed by atoms with Gasteiger partial charge in [0.25, 0.3) is 17.2 Å². The van der Waals surface area contributed by atoms with Crippen molar-refractivity contribution >= 4 is 11.6 Å². The number of aryl methyl sites for hydroxylation is 1. The van der Waals surface area contributed by atoms with Crippen LogP contribution in [0.2, 0.25) is 0 Å². The van der Waals surface area contributed by atoms with Crippen molar-refractivity contribution in [2.75, 3.05) is 0 Å². The molecule has 0 aliphatic rings. The molecule has 0 saturated heterocycles. The molecule has 0 saturated carbocycles. The van der Waals surface area contributed by atoms with Crippen LogP contribution in [0.3, 0.4) is 0 Å². The van der Waals surface area contributed by atoms with Crippen molar-refractivity contribution < 1.29 is 9.72 Å². The Kier molecular flexibility index (Phi) is 4.90. The van der Waals surface area contributed by atoms with E-state index in [9.17, 15) is 19.7 Å². The first kappa shape index (κ1) is 16.4. The molecule has 1 atom stereocenters. The van der Waals surface area contributed by atoms with Gasteiger partial charge in [-0.25, -0.2) is 0 Å². The van der Waals surface area contributed by atoms with Gasteiger partial charge in [-0.05, 0) is 18.1 Å². The Labute approximate surface area is 132 Å². The maximum Gasteiger partial charge on any atom is 0.269 e. The smallest absolute Gasteiger partial charge is 0.269 e. The van der Waals surface area contributed by atoms with Crippen molar-refractivity contribution in [3.63, 3.8) is 0 Å². The van der Waals surface area contributed by atoms with E-state index in [-0.39, 0.29) is 28.8 Å². The van der Waals surface area contributed by atoms with Gasteiger partial charge < -0.3 is 9.88 Å². The van der Waals surface area contributed by atoms with Gasteiger partial charge in [0.05, 0.1) is 11.0 Å². The molecule has 1 N–H and O–H groups in total. The molecule has 7 heteroatoms. The van der Waals surface area contributed by atoms with Gasteiger partial charge in [0.2, 0.25) is 0 Å². The minimum Gasteiger partial charge on any atom is -0.345 e. The topological polar surface area (TPSA) is 94.2 Å². The number of hydrogen-bond acceptors (Lipinski definition) is 4. The number of pyridine rings is 1. The summed E-state index contributed by atoms with van der Waals surface area (Å²) in [5.74, 6) is -0.388. The zero-order valence-electron chi connectivity index (χ0n) is 12.9. The molecule has 1 amide bonds. The zero-order chi connectivity index (χ0) is 17.0. The van der Waals surface area contributed by atoms with Crippen LogP contribution in [0.15, 0.2) is 47.4 Å². The summed E-state index contributed by atoms with van der Waals surface area (Å²) in [6, 6.07) is 8.60. The second-order valence-electron chi connectivity index (χ2n) is 5.15. The zero-order valence-corrected chi connectivity index (χ0v) is 12.9. The van der Waals surface area contributed by atoms with E-state index in [1.165, 1.54) is 29.0 Å². The fourth-order valence-electron chi connectivity index (χ4n) is 2.21. The van der Waals surface area contributed by atoms with Crippen molar-refractivity contribution in [1.29, 1.82) is 0 Å². The first-order valence-electron chi connectivity index (χ1n) is 7.14. The third-order valence-electron chi connectivity index (χ3n) is 3.56. The maximum absolute atomic E-state index is 12.3. The first-order chi connectivity index (χ1) is 10.9. The van der Waals surface area contributed by atoms with Crippen LogP contribution < -0.4 is 10.9 Å². The average Bonchev–Trinajstić information content (AvgIpc) is 2.55. The Morgan fingerprint density at radius 1 is 1.35 bits per heavy atom. The number of nitrogens with zero attached hydrogens (tertiary/aromatic N) is 2. The number of carbonyl (C=O) groups is 1. The molecule has 0 bridgehead atoms. The van der Waals surface area contributed by atoms with E-state index in [1.54, 1.807) is 25.2 Å². The number of amides is 1. The molecular formula is C16H17N3O4. The summed E-state index contributed by atoms with van der Waals surface area (Å²) in [6.45, 7) is 1.87. The summed E-state index contributed by atoms with van der Waals surface area (Å²) in [5.41, 5.74) is 0.612. The number of hydrogen-bond donors (Lipinski definition) is 1. The van der Waals surface area contributed by atoms with Gasteiger partial charge in [-0.3, -0.25) is 19.7 Å². The highest BCUT2D eigenvalue weighted by Crippen LogP contribution is 2.21. The number of nitro benzene ring substituents is 1. The number of nitrogens with one attached hydrogen (secondary N) is 1. The van der Waals surface area contributed by atoms with Crippen molar-refractivity contribution in [1.82, 2.24) is 9.88 Å². The van der Waals surface area contributed by atoms with E-state index in [0.29, 0.717) is 12.0 Å². The molecule has 0 spiro atoms. The quantitative estimate of drug-likeness (QED) is 0.676. The van der Waals surface area contributed by atoms with Gasteiger partial charge in [-0.15, -0.1) is 0 Å². The SMILES string of the molecule is CCC(NC(=O)c1ccn(C)c(=O)c1)c1cccc([N+](=O)[O-])c1. The van der Waals surface area contributed by atoms with Crippen LogP contribution in [0.4, 0.5) is 5.69 Å². The number of aromatic nitrogens is 1. The lowest BCUT2D eigenvalue weighted by molar-refractivity contribution is -0.384. The number of rotatable bonds is 5. The number of nitro groups is 1. The molecule has 2 aromatic rings. The van der Waals surface area contributed by atoms with Crippen molar-refractivity contribution in [2.24, 2.45) is 7.05 Å². The van der Waals surface area contributed by atoms with Crippen LogP contribution in [0, 0.1) is 10.1 Å². The third-order valence-corrected chi connectivity index (χ3v) is 3.56. The van der Waals surface area contributed by atoms with E-state index in [1.807, 2.05) is 6.92 Å². The van der Waals surface area contributed by atoms with E-state index < -0.39 is 4.92 Å². The highest BCUT2D eigenvalue weighted by atomic mass is 16.6. The fourth-order valence-corrected chi connectivity index (χ4v) is 2.21. The highest BCUT2D eigenvalue weighted by molar-refractivity contribution is 5.94. The van der Waals surface area contributed by atoms with Crippen LogP contribution in [0.1, 0.15) is 35.3 Å². The van der Waals surface area contributed by atoms with Gasteiger partial charge in [0.1, 0.15) is 0 Å². The lowest BCUT2D eigenvalue weighted by Gasteiger charge is -2.17. The summed E-state index contributed by atoms with van der Waals surface area (Å²) in [4.78, 5) is 34.3. The summed E-state index contributed by atoms with van der Waals surface area (Å²) in [7, 11) is 1.60. The summed E-state index contributed by atoms with van der Waals surface area (Å²) in [5, 5.41) is 13.7. The van der Waals surface area contributed by atoms with Crippen molar-refractivity contribution in [3.05, 3.63) is 74.2 Å². The van der Waals surface area contributed by atoms with Crippen molar-refractivity contribution in [3.8, 4) is 0 Å². The van der Waals surface area contributed by atoms with Crippen LogP contribution in [0.25, 0.3) is 0 Å². The summed E-state index contributed by atoms with van der Waals surface area (Å²) in [6.07, 6.45) is 2.09. The monoisotopic (exact) mass is 315 g/mol. The van der Waals surface area contributed by atoms with E-state index >= 15 is 0 Å². The summed E-state index contributed by atoms with van der Waals surface area (Å²) >= 11 is 0. The third kappa shape index (κ3) is 3.82. The fraction of sp³-hybridized carbons (Fsp3) is 0.250. The predicted molar refractivity (Wildman–Crippen MR) is 85.3 cm³/mol. The Balaban J connectivity index is 2.23. The Bertz CT molecular complexity index is 798. The second kappa shape index (κ2) is 6.87. The molecule has 1 aromatic carbocycles. The molecule has 1 heterocycles. The first-order valence-corrected chi connectivity index (χ1v) is 7.14. The minimum absolute atomic E-state index is 0.0243. The Morgan fingerprint density at radius 2 is 2.09 bits per heavy atom. The van der Waals surface area contributed by atoms with Gasteiger partial charge in [-0.1, -0.05) is 19.1 Å². The predicted octanol–water partition coefficient (Wildman–Crippen LogP) is 2.17. The van der Waals surface area contributed by atoms with Gasteiger partial charge >= 0.3 is 0 Å². The van der Waals surface area contributed by atoms with Crippen molar-refractivity contribution in [2.45, 2.75) is 19.4 Å². The molecule has 23 heavy (non-hydrogen) atoms. The van der Waals surface area contributed by atoms with Crippen LogP contribution in [-0.2, 0) is 7.05 Å². The Hall–Kier alpha value is -2.96. The molecule has 0 fully saturated rings. The Morgan fingerprint density at radius 3 is 2.70 bits per heavy atom. The molecule has 120 valence electrons. The van der Waals surface area contributed by atoms with Crippen LogP contribution in [0.5, 0.6) is 0 Å². The molecule has 0 radical (unpaired) electrons. The maximum atomic E-state index is 12.3. The van der Waals surface area contributed by atoms with Crippen LogP contribution in [-0.4, -0.2) is 15.4 Å². The molecule has 1 unspecified atom stereocenters. The number of benzene rings is 1. The van der Waals surface area contributed by atoms with Gasteiger partial charge in [-0.2, -0.15) is 0 Å². The lowest BCUT2D eigenvalue weighted by atomic mass is 10.0. The second-order valence-corrected chi connectivity index (χ2v) is 5.15. The molecule has 0 aliphatic heterocycles. The molecule has 2 rings (SSSR count). The standard InChI is InChI=1S/C16H17N3O4/c1-3-14(11-5-4-6-13(9-11)19(22)23)17-16(21)12-7-8-18(2)15(20)10-12/h4-10,14H,3H2,1-2H3,(H,17,21).